The standard InChI is InChI=1S/C13H13FO2/c1-2-12(15)7-8-13(16)9-10-3-5-11(14)6-4-10/h3-8H,2,9H2,1H3/b8-7-. The molecule has 1 aromatic carbocycles. The van der Waals surface area contributed by atoms with Gasteiger partial charge in [-0.3, -0.25) is 9.59 Å². The van der Waals surface area contributed by atoms with Crippen molar-refractivity contribution in [1.29, 1.82) is 0 Å². The molecule has 0 aliphatic carbocycles. The van der Waals surface area contributed by atoms with E-state index >= 15 is 0 Å². The molecule has 84 valence electrons. The number of rotatable bonds is 5. The minimum Gasteiger partial charge on any atom is -0.295 e. The van der Waals surface area contributed by atoms with Crippen LogP contribution in [-0.4, -0.2) is 11.6 Å². The lowest BCUT2D eigenvalue weighted by molar-refractivity contribution is -0.116. The van der Waals surface area contributed by atoms with Gasteiger partial charge in [0, 0.05) is 12.8 Å². The zero-order valence-electron chi connectivity index (χ0n) is 9.07. The second kappa shape index (κ2) is 5.95. The van der Waals surface area contributed by atoms with Crippen molar-refractivity contribution in [2.45, 2.75) is 19.8 Å². The number of carbonyl (C=O) groups is 2. The Morgan fingerprint density at radius 3 is 2.25 bits per heavy atom. The molecule has 0 amide bonds. The van der Waals surface area contributed by atoms with Crippen LogP contribution in [0.15, 0.2) is 36.4 Å². The Morgan fingerprint density at radius 1 is 1.12 bits per heavy atom. The van der Waals surface area contributed by atoms with Gasteiger partial charge in [0.15, 0.2) is 11.6 Å². The van der Waals surface area contributed by atoms with Gasteiger partial charge in [-0.25, -0.2) is 4.39 Å². The van der Waals surface area contributed by atoms with Crippen molar-refractivity contribution in [2.75, 3.05) is 0 Å². The molecule has 0 saturated carbocycles. The Morgan fingerprint density at radius 2 is 1.69 bits per heavy atom. The van der Waals surface area contributed by atoms with Crippen LogP contribution >= 0.6 is 0 Å². The van der Waals surface area contributed by atoms with Crippen molar-refractivity contribution in [3.63, 3.8) is 0 Å². The van der Waals surface area contributed by atoms with E-state index in [9.17, 15) is 14.0 Å². The molecule has 3 heteroatoms. The zero-order chi connectivity index (χ0) is 12.0. The van der Waals surface area contributed by atoms with E-state index in [-0.39, 0.29) is 23.8 Å². The Balaban J connectivity index is 2.55. The topological polar surface area (TPSA) is 34.1 Å². The number of allylic oxidation sites excluding steroid dienone is 2. The van der Waals surface area contributed by atoms with Gasteiger partial charge in [-0.05, 0) is 29.8 Å². The van der Waals surface area contributed by atoms with Gasteiger partial charge >= 0.3 is 0 Å². The first kappa shape index (κ1) is 12.3. The second-order valence-electron chi connectivity index (χ2n) is 3.42. The van der Waals surface area contributed by atoms with E-state index in [1.807, 2.05) is 0 Å². The normalized spacial score (nSPS) is 10.6. The highest BCUT2D eigenvalue weighted by atomic mass is 19.1. The Hall–Kier alpha value is -1.77. The van der Waals surface area contributed by atoms with Gasteiger partial charge in [0.1, 0.15) is 5.82 Å². The molecule has 0 unspecified atom stereocenters. The summed E-state index contributed by atoms with van der Waals surface area (Å²) in [5.41, 5.74) is 0.736. The Kier molecular flexibility index (Phi) is 4.58. The predicted octanol–water partition coefficient (Wildman–Crippen LogP) is 2.47. The minimum absolute atomic E-state index is 0.0764. The van der Waals surface area contributed by atoms with Crippen molar-refractivity contribution < 1.29 is 14.0 Å². The molecule has 0 bridgehead atoms. The molecular weight excluding hydrogens is 207 g/mol. The fraction of sp³-hybridized carbons (Fsp3) is 0.231. The van der Waals surface area contributed by atoms with E-state index in [1.165, 1.54) is 24.3 Å². The van der Waals surface area contributed by atoms with E-state index in [2.05, 4.69) is 0 Å². The van der Waals surface area contributed by atoms with Crippen LogP contribution in [0.4, 0.5) is 4.39 Å². The zero-order valence-corrected chi connectivity index (χ0v) is 9.07. The molecule has 0 fully saturated rings. The summed E-state index contributed by atoms with van der Waals surface area (Å²) in [6.45, 7) is 1.73. The Labute approximate surface area is 93.8 Å². The average molecular weight is 220 g/mol. The van der Waals surface area contributed by atoms with Gasteiger partial charge < -0.3 is 0 Å². The SMILES string of the molecule is CCC(=O)/C=C\C(=O)Cc1ccc(F)cc1. The lowest BCUT2D eigenvalue weighted by Gasteiger charge is -1.96. The maximum absolute atomic E-state index is 12.6. The summed E-state index contributed by atoms with van der Waals surface area (Å²) >= 11 is 0. The molecule has 0 N–H and O–H groups in total. The molecule has 0 saturated heterocycles. The van der Waals surface area contributed by atoms with Crippen LogP contribution < -0.4 is 0 Å². The number of ketones is 2. The minimum atomic E-state index is -0.326. The summed E-state index contributed by atoms with van der Waals surface area (Å²) in [6.07, 6.45) is 3.13. The molecule has 2 nitrogen and oxygen atoms in total. The summed E-state index contributed by atoms with van der Waals surface area (Å²) in [6, 6.07) is 5.73. The molecule has 16 heavy (non-hydrogen) atoms. The van der Waals surface area contributed by atoms with Crippen molar-refractivity contribution in [2.24, 2.45) is 0 Å². The maximum Gasteiger partial charge on any atom is 0.160 e. The van der Waals surface area contributed by atoms with Crippen LogP contribution in [-0.2, 0) is 16.0 Å². The van der Waals surface area contributed by atoms with Crippen molar-refractivity contribution in [3.8, 4) is 0 Å². The lowest BCUT2D eigenvalue weighted by atomic mass is 10.1. The van der Waals surface area contributed by atoms with Crippen LogP contribution in [0.25, 0.3) is 0 Å². The van der Waals surface area contributed by atoms with E-state index in [0.717, 1.165) is 5.56 Å². The Bertz CT molecular complexity index is 404. The third-order valence-corrected chi connectivity index (χ3v) is 2.10. The van der Waals surface area contributed by atoms with Gasteiger partial charge in [-0.2, -0.15) is 0 Å². The number of benzene rings is 1. The van der Waals surface area contributed by atoms with E-state index in [1.54, 1.807) is 19.1 Å². The molecule has 0 aromatic heterocycles. The molecule has 0 spiro atoms. The molecule has 0 radical (unpaired) electrons. The summed E-state index contributed by atoms with van der Waals surface area (Å²) in [5, 5.41) is 0. The molecular formula is C13H13FO2. The molecule has 0 heterocycles. The van der Waals surface area contributed by atoms with Gasteiger partial charge in [0.05, 0.1) is 0 Å². The van der Waals surface area contributed by atoms with Crippen molar-refractivity contribution in [1.82, 2.24) is 0 Å². The summed E-state index contributed by atoms with van der Waals surface area (Å²) in [5.74, 6) is -0.561. The third-order valence-electron chi connectivity index (χ3n) is 2.10. The van der Waals surface area contributed by atoms with Crippen LogP contribution in [0.3, 0.4) is 0 Å². The predicted molar refractivity (Wildman–Crippen MR) is 59.5 cm³/mol. The third kappa shape index (κ3) is 4.17. The van der Waals surface area contributed by atoms with Gasteiger partial charge in [0.25, 0.3) is 0 Å². The summed E-state index contributed by atoms with van der Waals surface area (Å²) in [7, 11) is 0. The summed E-state index contributed by atoms with van der Waals surface area (Å²) in [4.78, 5) is 22.3. The van der Waals surface area contributed by atoms with Crippen LogP contribution in [0.1, 0.15) is 18.9 Å². The first-order chi connectivity index (χ1) is 7.61. The highest BCUT2D eigenvalue weighted by Gasteiger charge is 2.00. The van der Waals surface area contributed by atoms with Crippen molar-refractivity contribution in [3.05, 3.63) is 47.8 Å². The molecule has 1 rings (SSSR count). The number of halogens is 1. The fourth-order valence-corrected chi connectivity index (χ4v) is 1.17. The highest BCUT2D eigenvalue weighted by Crippen LogP contribution is 2.04. The highest BCUT2D eigenvalue weighted by molar-refractivity contribution is 5.99. The van der Waals surface area contributed by atoms with E-state index < -0.39 is 0 Å². The smallest absolute Gasteiger partial charge is 0.160 e. The van der Waals surface area contributed by atoms with Gasteiger partial charge in [-0.15, -0.1) is 0 Å². The molecule has 0 aliphatic heterocycles. The lowest BCUT2D eigenvalue weighted by Crippen LogP contribution is -2.00. The van der Waals surface area contributed by atoms with Crippen LogP contribution in [0.2, 0.25) is 0 Å². The molecule has 0 atom stereocenters. The fourth-order valence-electron chi connectivity index (χ4n) is 1.17. The number of carbonyl (C=O) groups excluding carboxylic acids is 2. The van der Waals surface area contributed by atoms with Gasteiger partial charge in [-0.1, -0.05) is 19.1 Å². The first-order valence-electron chi connectivity index (χ1n) is 5.10. The quantitative estimate of drug-likeness (QED) is 0.714. The average Bonchev–Trinajstić information content (AvgIpc) is 2.29. The summed E-state index contributed by atoms with van der Waals surface area (Å²) < 4.78 is 12.6. The number of hydrogen-bond acceptors (Lipinski definition) is 2. The largest absolute Gasteiger partial charge is 0.295 e. The number of hydrogen-bond donors (Lipinski definition) is 0. The van der Waals surface area contributed by atoms with E-state index in [0.29, 0.717) is 6.42 Å². The maximum atomic E-state index is 12.6. The molecule has 0 aliphatic rings. The van der Waals surface area contributed by atoms with E-state index in [4.69, 9.17) is 0 Å². The monoisotopic (exact) mass is 220 g/mol. The van der Waals surface area contributed by atoms with Crippen LogP contribution in [0.5, 0.6) is 0 Å². The van der Waals surface area contributed by atoms with Crippen molar-refractivity contribution >= 4 is 11.6 Å². The van der Waals surface area contributed by atoms with Gasteiger partial charge in [0.2, 0.25) is 0 Å². The molecule has 1 aromatic rings. The first-order valence-corrected chi connectivity index (χ1v) is 5.10. The van der Waals surface area contributed by atoms with Crippen LogP contribution in [0, 0.1) is 5.82 Å². The second-order valence-corrected chi connectivity index (χ2v) is 3.42.